The summed E-state index contributed by atoms with van der Waals surface area (Å²) >= 11 is 5.31. The van der Waals surface area contributed by atoms with E-state index in [1.807, 2.05) is 0 Å². The Morgan fingerprint density at radius 3 is 2.44 bits per heavy atom. The molecule has 0 unspecified atom stereocenters. The Morgan fingerprint density at radius 2 is 1.92 bits per heavy atom. The molecule has 0 bridgehead atoms. The number of methoxy groups -OCH3 is 3. The monoisotopic (exact) mass is 375 g/mol. The first-order chi connectivity index (χ1) is 11.7. The molecule has 0 fully saturated rings. The van der Waals surface area contributed by atoms with Crippen molar-refractivity contribution in [3.05, 3.63) is 35.4 Å². The highest BCUT2D eigenvalue weighted by molar-refractivity contribution is 7.80. The number of halogens is 3. The van der Waals surface area contributed by atoms with E-state index in [1.165, 1.54) is 25.2 Å². The highest BCUT2D eigenvalue weighted by Gasteiger charge is 2.38. The predicted octanol–water partition coefficient (Wildman–Crippen LogP) is 2.81. The lowest BCUT2D eigenvalue weighted by Crippen LogP contribution is -2.41. The molecule has 136 valence electrons. The third kappa shape index (κ3) is 3.71. The van der Waals surface area contributed by atoms with Crippen LogP contribution in [-0.4, -0.2) is 49.8 Å². The normalized spacial score (nSPS) is 16.7. The van der Waals surface area contributed by atoms with Gasteiger partial charge in [-0.1, -0.05) is 24.4 Å². The second kappa shape index (κ2) is 7.30. The van der Waals surface area contributed by atoms with Gasteiger partial charge in [-0.25, -0.2) is 4.79 Å². The molecule has 1 aliphatic heterocycles. The van der Waals surface area contributed by atoms with E-state index in [4.69, 9.17) is 26.4 Å². The van der Waals surface area contributed by atoms with Crippen LogP contribution in [0.5, 0.6) is 11.5 Å². The van der Waals surface area contributed by atoms with Gasteiger partial charge in [0.2, 0.25) is 0 Å². The average molecular weight is 375 g/mol. The summed E-state index contributed by atoms with van der Waals surface area (Å²) < 4.78 is 54.6. The van der Waals surface area contributed by atoms with Gasteiger partial charge in [-0.3, -0.25) is 0 Å². The number of rotatable bonds is 4. The molecule has 1 atom stereocenters. The first-order valence-electron chi connectivity index (χ1n) is 7.13. The van der Waals surface area contributed by atoms with Crippen LogP contribution in [0.4, 0.5) is 13.2 Å². The summed E-state index contributed by atoms with van der Waals surface area (Å²) in [5.41, 5.74) is -0.911. The average Bonchev–Trinajstić information content (AvgIpc) is 3.07. The van der Waals surface area contributed by atoms with E-state index in [1.54, 1.807) is 12.2 Å². The molecular weight excluding hydrogens is 359 g/mol. The van der Waals surface area contributed by atoms with Gasteiger partial charge in [0.25, 0.3) is 0 Å². The van der Waals surface area contributed by atoms with Gasteiger partial charge in [0, 0.05) is 12.1 Å². The van der Waals surface area contributed by atoms with Gasteiger partial charge >= 0.3 is 12.1 Å². The van der Waals surface area contributed by atoms with Crippen LogP contribution in [0.15, 0.2) is 24.3 Å². The van der Waals surface area contributed by atoms with Crippen LogP contribution in [0.2, 0.25) is 0 Å². The second-order valence-corrected chi connectivity index (χ2v) is 5.50. The fourth-order valence-corrected chi connectivity index (χ4v) is 2.83. The molecule has 25 heavy (non-hydrogen) atoms. The zero-order chi connectivity index (χ0) is 18.8. The molecule has 0 saturated heterocycles. The summed E-state index contributed by atoms with van der Waals surface area (Å²) in [5, 5.41) is 0. The highest BCUT2D eigenvalue weighted by Crippen LogP contribution is 2.42. The van der Waals surface area contributed by atoms with Gasteiger partial charge in [-0.05, 0) is 12.1 Å². The van der Waals surface area contributed by atoms with Gasteiger partial charge in [-0.15, -0.1) is 0 Å². The number of hydrogen-bond acceptors (Lipinski definition) is 5. The number of benzene rings is 1. The minimum Gasteiger partial charge on any atom is -0.493 e. The van der Waals surface area contributed by atoms with Crippen LogP contribution in [0.1, 0.15) is 11.1 Å². The summed E-state index contributed by atoms with van der Waals surface area (Å²) in [4.78, 5) is 13.4. The zero-order valence-electron chi connectivity index (χ0n) is 13.7. The molecule has 0 spiro atoms. The number of carbonyl (C=O) groups excluding carboxylic acids is 1. The maximum atomic E-state index is 13.4. The van der Waals surface area contributed by atoms with Crippen LogP contribution in [0.3, 0.4) is 0 Å². The highest BCUT2D eigenvalue weighted by atomic mass is 32.1. The summed E-state index contributed by atoms with van der Waals surface area (Å²) in [7, 11) is 3.59. The van der Waals surface area contributed by atoms with Crippen LogP contribution in [0, 0.1) is 0 Å². The number of hydrogen-bond donors (Lipinski definition) is 0. The van der Waals surface area contributed by atoms with E-state index in [0.717, 1.165) is 13.2 Å². The smallest absolute Gasteiger partial charge is 0.420 e. The van der Waals surface area contributed by atoms with E-state index in [-0.39, 0.29) is 22.8 Å². The number of carbonyl (C=O) groups is 1. The molecule has 0 aromatic heterocycles. The van der Waals surface area contributed by atoms with Crippen molar-refractivity contribution in [2.75, 3.05) is 27.9 Å². The van der Waals surface area contributed by atoms with E-state index >= 15 is 0 Å². The van der Waals surface area contributed by atoms with Crippen molar-refractivity contribution in [2.45, 2.75) is 12.2 Å². The maximum Gasteiger partial charge on any atom is 0.420 e. The molecule has 1 heterocycles. The van der Waals surface area contributed by atoms with Crippen molar-refractivity contribution in [2.24, 2.45) is 0 Å². The van der Waals surface area contributed by atoms with Crippen molar-refractivity contribution in [3.63, 3.8) is 0 Å². The molecule has 0 amide bonds. The second-order valence-electron chi connectivity index (χ2n) is 5.11. The quantitative estimate of drug-likeness (QED) is 0.458. The lowest BCUT2D eigenvalue weighted by atomic mass is 10.1. The number of alkyl halides is 3. The van der Waals surface area contributed by atoms with Crippen LogP contribution >= 0.6 is 12.2 Å². The van der Waals surface area contributed by atoms with Gasteiger partial charge in [0.05, 0.1) is 21.3 Å². The molecule has 0 aliphatic carbocycles. The van der Waals surface area contributed by atoms with E-state index in [9.17, 15) is 18.0 Å². The molecular formula is C16H16F3NO4S. The van der Waals surface area contributed by atoms with E-state index in [2.05, 4.69) is 0 Å². The molecule has 2 rings (SSSR count). The van der Waals surface area contributed by atoms with Crippen LogP contribution < -0.4 is 9.47 Å². The molecule has 1 aromatic rings. The maximum absolute atomic E-state index is 13.4. The Bertz CT molecular complexity index is 718. The van der Waals surface area contributed by atoms with Gasteiger partial charge in [0.15, 0.2) is 11.5 Å². The molecule has 0 saturated carbocycles. The van der Waals surface area contributed by atoms with Gasteiger partial charge < -0.3 is 19.1 Å². The minimum absolute atomic E-state index is 0.0758. The van der Waals surface area contributed by atoms with E-state index < -0.39 is 29.5 Å². The third-order valence-corrected chi connectivity index (χ3v) is 4.16. The van der Waals surface area contributed by atoms with Crippen molar-refractivity contribution in [1.82, 2.24) is 4.90 Å². The summed E-state index contributed by atoms with van der Waals surface area (Å²) in [5.74, 6) is -1.07. The number of thiocarbonyl (C=S) groups is 1. The largest absolute Gasteiger partial charge is 0.493 e. The Kier molecular flexibility index (Phi) is 5.56. The Hall–Kier alpha value is -2.29. The first kappa shape index (κ1) is 19.0. The van der Waals surface area contributed by atoms with Gasteiger partial charge in [-0.2, -0.15) is 13.2 Å². The Morgan fingerprint density at radius 1 is 1.24 bits per heavy atom. The molecule has 1 aliphatic rings. The van der Waals surface area contributed by atoms with Crippen molar-refractivity contribution in [3.8, 4) is 11.5 Å². The van der Waals surface area contributed by atoms with Crippen molar-refractivity contribution >= 4 is 23.2 Å². The van der Waals surface area contributed by atoms with E-state index in [0.29, 0.717) is 0 Å². The summed E-state index contributed by atoms with van der Waals surface area (Å²) in [6.07, 6.45) is -1.38. The third-order valence-electron chi connectivity index (χ3n) is 3.69. The summed E-state index contributed by atoms with van der Waals surface area (Å²) in [6, 6.07) is 1.46. The van der Waals surface area contributed by atoms with Gasteiger partial charge in [0.1, 0.15) is 16.6 Å². The molecule has 5 nitrogen and oxygen atoms in total. The predicted molar refractivity (Wildman–Crippen MR) is 87.9 cm³/mol. The fourth-order valence-electron chi connectivity index (χ4n) is 2.52. The fraction of sp³-hybridized carbons (Fsp3) is 0.375. The van der Waals surface area contributed by atoms with Crippen LogP contribution in [-0.2, 0) is 15.7 Å². The molecule has 0 radical (unpaired) electrons. The number of nitrogens with zero attached hydrogens (tertiary/aromatic N) is 1. The lowest BCUT2D eigenvalue weighted by Gasteiger charge is -2.26. The Labute approximate surface area is 148 Å². The standard InChI is InChI=1S/C16H16F3NO4S/c1-22-12-8-9(7-10(13(12)23-2)16(17,18)19)14(25)20-6-4-5-11(20)15(21)24-3/h4-5,7-8,11H,6H2,1-3H3/t11-/m1/s1. The van der Waals surface area contributed by atoms with Crippen molar-refractivity contribution < 1.29 is 32.2 Å². The number of esters is 1. The summed E-state index contributed by atoms with van der Waals surface area (Å²) in [6.45, 7) is 0.286. The zero-order valence-corrected chi connectivity index (χ0v) is 14.5. The van der Waals surface area contributed by atoms with Crippen molar-refractivity contribution in [1.29, 1.82) is 0 Å². The first-order valence-corrected chi connectivity index (χ1v) is 7.54. The minimum atomic E-state index is -4.66. The number of ether oxygens (including phenoxy) is 3. The Balaban J connectivity index is 2.48. The lowest BCUT2D eigenvalue weighted by molar-refractivity contribution is -0.143. The molecule has 9 heteroatoms. The topological polar surface area (TPSA) is 48.0 Å². The molecule has 0 N–H and O–H groups in total. The molecule has 1 aromatic carbocycles. The van der Waals surface area contributed by atoms with Crippen LogP contribution in [0.25, 0.3) is 0 Å². The SMILES string of the molecule is COC(=O)[C@H]1C=CCN1C(=S)c1cc(OC)c(OC)c(C(F)(F)F)c1.